The molecule has 4 rings (SSSR count). The summed E-state index contributed by atoms with van der Waals surface area (Å²) in [4.78, 5) is 13.1. The first-order valence-corrected chi connectivity index (χ1v) is 14.0. The van der Waals surface area contributed by atoms with Crippen LogP contribution in [0.2, 0.25) is 0 Å². The second kappa shape index (κ2) is 11.5. The van der Waals surface area contributed by atoms with E-state index in [2.05, 4.69) is 30.4 Å². The van der Waals surface area contributed by atoms with Crippen LogP contribution < -0.4 is 10.1 Å². The van der Waals surface area contributed by atoms with Crippen LogP contribution in [0.3, 0.4) is 0 Å². The van der Waals surface area contributed by atoms with Gasteiger partial charge in [0, 0.05) is 19.5 Å². The zero-order valence-corrected chi connectivity index (χ0v) is 21.5. The minimum absolute atomic E-state index is 0.0374. The van der Waals surface area contributed by atoms with Crippen molar-refractivity contribution in [2.24, 2.45) is 0 Å². The molecule has 1 saturated heterocycles. The van der Waals surface area contributed by atoms with Gasteiger partial charge >= 0.3 is 0 Å². The number of amides is 1. The van der Waals surface area contributed by atoms with E-state index in [1.807, 2.05) is 0 Å². The first-order valence-electron chi connectivity index (χ1n) is 12.6. The van der Waals surface area contributed by atoms with Crippen molar-refractivity contribution in [1.82, 2.24) is 9.62 Å². The Hall–Kier alpha value is -2.42. The number of hydrogen-bond donors (Lipinski definition) is 1. The lowest BCUT2D eigenvalue weighted by atomic mass is 9.88. The third-order valence-electron chi connectivity index (χ3n) is 7.00. The van der Waals surface area contributed by atoms with Gasteiger partial charge in [0.2, 0.25) is 15.9 Å². The summed E-state index contributed by atoms with van der Waals surface area (Å²) in [6.45, 7) is 3.55. The summed E-state index contributed by atoms with van der Waals surface area (Å²) in [6.07, 6.45) is 6.17. The molecule has 1 amide bonds. The van der Waals surface area contributed by atoms with Gasteiger partial charge in [0.1, 0.15) is 5.75 Å². The molecule has 0 saturated carbocycles. The predicted molar refractivity (Wildman–Crippen MR) is 135 cm³/mol. The zero-order valence-electron chi connectivity index (χ0n) is 20.7. The minimum atomic E-state index is -3.62. The lowest BCUT2D eigenvalue weighted by molar-refractivity contribution is -0.121. The number of fused-ring (bicyclic) bond motifs is 1. The molecule has 0 radical (unpaired) electrons. The SMILES string of the molecule is CC[C@@H](NC(=O)CCc1cc(S(=O)(=O)N2CCOCC2)ccc1OC)c1ccc2c(c1)CCCC2. The standard InChI is InChI=1S/C27H36N2O5S/c1-3-25(22-9-8-20-6-4-5-7-21(20)18-22)28-27(30)13-10-23-19-24(11-12-26(23)33-2)35(31,32)29-14-16-34-17-15-29/h8-9,11-12,18-19,25H,3-7,10,13-17H2,1-2H3,(H,28,30)/t25-/m1/s1. The highest BCUT2D eigenvalue weighted by Gasteiger charge is 2.27. The highest BCUT2D eigenvalue weighted by molar-refractivity contribution is 7.89. The fraction of sp³-hybridized carbons (Fsp3) is 0.519. The average molecular weight is 501 g/mol. The van der Waals surface area contributed by atoms with Gasteiger partial charge in [-0.05, 0) is 79.0 Å². The molecule has 1 aliphatic heterocycles. The molecule has 1 atom stereocenters. The number of methoxy groups -OCH3 is 1. The second-order valence-corrected chi connectivity index (χ2v) is 11.2. The van der Waals surface area contributed by atoms with E-state index in [0.29, 0.717) is 44.0 Å². The molecule has 2 aromatic rings. The van der Waals surface area contributed by atoms with Gasteiger partial charge in [-0.1, -0.05) is 25.1 Å². The van der Waals surface area contributed by atoms with Crippen LogP contribution in [0.5, 0.6) is 5.75 Å². The topological polar surface area (TPSA) is 84.9 Å². The summed E-state index contributed by atoms with van der Waals surface area (Å²) < 4.78 is 38.3. The number of ether oxygens (including phenoxy) is 2. The van der Waals surface area contributed by atoms with E-state index in [-0.39, 0.29) is 23.3 Å². The Morgan fingerprint density at radius 2 is 1.83 bits per heavy atom. The van der Waals surface area contributed by atoms with Crippen LogP contribution in [0, 0.1) is 0 Å². The lowest BCUT2D eigenvalue weighted by Gasteiger charge is -2.26. The van der Waals surface area contributed by atoms with E-state index in [0.717, 1.165) is 24.8 Å². The molecule has 0 spiro atoms. The van der Waals surface area contributed by atoms with Gasteiger partial charge < -0.3 is 14.8 Å². The number of carbonyl (C=O) groups is 1. The van der Waals surface area contributed by atoms with Crippen LogP contribution in [0.15, 0.2) is 41.3 Å². The van der Waals surface area contributed by atoms with E-state index in [9.17, 15) is 13.2 Å². The number of hydrogen-bond acceptors (Lipinski definition) is 5. The molecule has 0 aromatic heterocycles. The van der Waals surface area contributed by atoms with Crippen molar-refractivity contribution in [2.45, 2.75) is 62.8 Å². The molecule has 2 aliphatic rings. The van der Waals surface area contributed by atoms with E-state index in [1.54, 1.807) is 25.3 Å². The molecule has 8 heteroatoms. The van der Waals surface area contributed by atoms with Crippen LogP contribution in [-0.4, -0.2) is 52.0 Å². The van der Waals surface area contributed by atoms with Gasteiger partial charge in [0.15, 0.2) is 0 Å². The number of nitrogens with one attached hydrogen (secondary N) is 1. The summed E-state index contributed by atoms with van der Waals surface area (Å²) in [5.41, 5.74) is 4.70. The van der Waals surface area contributed by atoms with Crippen LogP contribution in [0.4, 0.5) is 0 Å². The predicted octanol–water partition coefficient (Wildman–Crippen LogP) is 3.80. The zero-order chi connectivity index (χ0) is 24.8. The van der Waals surface area contributed by atoms with Gasteiger partial charge in [-0.3, -0.25) is 4.79 Å². The van der Waals surface area contributed by atoms with Crippen LogP contribution in [-0.2, 0) is 38.8 Å². The molecular weight excluding hydrogens is 464 g/mol. The summed E-state index contributed by atoms with van der Waals surface area (Å²) in [5.74, 6) is 0.526. The van der Waals surface area contributed by atoms with Crippen molar-refractivity contribution in [2.75, 3.05) is 33.4 Å². The Labute approximate surface area is 208 Å². The number of morpholine rings is 1. The molecule has 7 nitrogen and oxygen atoms in total. The van der Waals surface area contributed by atoms with Gasteiger partial charge in [0.25, 0.3) is 0 Å². The quantitative estimate of drug-likeness (QED) is 0.566. The molecule has 1 aliphatic carbocycles. The summed E-state index contributed by atoms with van der Waals surface area (Å²) in [7, 11) is -2.06. The maximum atomic E-state index is 13.1. The Kier molecular flexibility index (Phi) is 8.46. The molecule has 0 unspecified atom stereocenters. The van der Waals surface area contributed by atoms with Crippen molar-refractivity contribution in [3.8, 4) is 5.75 Å². The molecule has 1 heterocycles. The van der Waals surface area contributed by atoms with E-state index < -0.39 is 10.0 Å². The van der Waals surface area contributed by atoms with E-state index in [1.165, 1.54) is 28.3 Å². The smallest absolute Gasteiger partial charge is 0.243 e. The summed E-state index contributed by atoms with van der Waals surface area (Å²) >= 11 is 0. The van der Waals surface area contributed by atoms with Gasteiger partial charge in [-0.25, -0.2) is 8.42 Å². The Balaban J connectivity index is 1.43. The van der Waals surface area contributed by atoms with Crippen molar-refractivity contribution < 1.29 is 22.7 Å². The second-order valence-electron chi connectivity index (χ2n) is 9.25. The summed E-state index contributed by atoms with van der Waals surface area (Å²) in [5, 5.41) is 3.17. The molecule has 35 heavy (non-hydrogen) atoms. The highest BCUT2D eigenvalue weighted by atomic mass is 32.2. The number of sulfonamides is 1. The van der Waals surface area contributed by atoms with Gasteiger partial charge in [-0.15, -0.1) is 0 Å². The molecule has 0 bridgehead atoms. The van der Waals surface area contributed by atoms with Crippen molar-refractivity contribution in [3.05, 3.63) is 58.7 Å². The number of benzene rings is 2. The van der Waals surface area contributed by atoms with Crippen LogP contribution in [0.1, 0.15) is 60.9 Å². The Bertz CT molecular complexity index is 1140. The third kappa shape index (κ3) is 6.05. The average Bonchev–Trinajstić information content (AvgIpc) is 2.90. The molecule has 2 aromatic carbocycles. The van der Waals surface area contributed by atoms with Crippen molar-refractivity contribution >= 4 is 15.9 Å². The number of nitrogens with zero attached hydrogens (tertiary/aromatic N) is 1. The normalized spacial score (nSPS) is 17.4. The molecular formula is C27H36N2O5S. The third-order valence-corrected chi connectivity index (χ3v) is 8.89. The van der Waals surface area contributed by atoms with Gasteiger partial charge in [-0.2, -0.15) is 4.31 Å². The minimum Gasteiger partial charge on any atom is -0.496 e. The largest absolute Gasteiger partial charge is 0.496 e. The van der Waals surface area contributed by atoms with Gasteiger partial charge in [0.05, 0.1) is 31.3 Å². The number of rotatable bonds is 9. The molecule has 190 valence electrons. The molecule has 1 N–H and O–H groups in total. The lowest BCUT2D eigenvalue weighted by Crippen LogP contribution is -2.40. The highest BCUT2D eigenvalue weighted by Crippen LogP contribution is 2.28. The monoisotopic (exact) mass is 500 g/mol. The fourth-order valence-corrected chi connectivity index (χ4v) is 6.41. The first kappa shape index (κ1) is 25.7. The van der Waals surface area contributed by atoms with Crippen LogP contribution >= 0.6 is 0 Å². The molecule has 1 fully saturated rings. The fourth-order valence-electron chi connectivity index (χ4n) is 4.95. The Morgan fingerprint density at radius 1 is 1.09 bits per heavy atom. The first-order chi connectivity index (χ1) is 16.9. The number of carbonyl (C=O) groups excluding carboxylic acids is 1. The van der Waals surface area contributed by atoms with Crippen molar-refractivity contribution in [1.29, 1.82) is 0 Å². The van der Waals surface area contributed by atoms with E-state index >= 15 is 0 Å². The maximum Gasteiger partial charge on any atom is 0.243 e. The number of aryl methyl sites for hydroxylation is 3. The van der Waals surface area contributed by atoms with Crippen LogP contribution in [0.25, 0.3) is 0 Å². The summed E-state index contributed by atoms with van der Waals surface area (Å²) in [6, 6.07) is 11.4. The van der Waals surface area contributed by atoms with E-state index in [4.69, 9.17) is 9.47 Å². The van der Waals surface area contributed by atoms with Crippen molar-refractivity contribution in [3.63, 3.8) is 0 Å². The Morgan fingerprint density at radius 3 is 2.54 bits per heavy atom. The maximum absolute atomic E-state index is 13.1.